The summed E-state index contributed by atoms with van der Waals surface area (Å²) >= 11 is 1.30. The maximum Gasteiger partial charge on any atom is 1.00 e. The van der Waals surface area contributed by atoms with Gasteiger partial charge < -0.3 is 14.3 Å². The quantitative estimate of drug-likeness (QED) is 0.348. The monoisotopic (exact) mass is 311 g/mol. The van der Waals surface area contributed by atoms with E-state index in [2.05, 4.69) is 0 Å². The number of carbonyl (C=O) groups excluding carboxylic acids is 2. The summed E-state index contributed by atoms with van der Waals surface area (Å²) in [5.41, 5.74) is 1.74. The third-order valence-corrected chi connectivity index (χ3v) is 4.89. The molecule has 5 nitrogen and oxygen atoms in total. The third kappa shape index (κ3) is 2.21. The van der Waals surface area contributed by atoms with E-state index in [9.17, 15) is 14.7 Å². The van der Waals surface area contributed by atoms with Gasteiger partial charge in [-0.3, -0.25) is 9.69 Å². The van der Waals surface area contributed by atoms with Crippen LogP contribution < -0.4 is 34.7 Å². The van der Waals surface area contributed by atoms with Gasteiger partial charge in [-0.2, -0.15) is 0 Å². The molecule has 1 unspecified atom stereocenters. The summed E-state index contributed by atoms with van der Waals surface area (Å²) in [6, 6.07) is 1.97. The van der Waals surface area contributed by atoms with Gasteiger partial charge in [-0.25, -0.2) is 0 Å². The Morgan fingerprint density at radius 1 is 1.48 bits per heavy atom. The molecule has 0 saturated carbocycles. The first-order valence-electron chi connectivity index (χ1n) is 6.39. The van der Waals surface area contributed by atoms with Crippen molar-refractivity contribution in [3.05, 3.63) is 39.8 Å². The molecule has 3 heterocycles. The molecular formula is C14H10NNaO4S. The van der Waals surface area contributed by atoms with Crippen LogP contribution in [-0.4, -0.2) is 22.2 Å². The van der Waals surface area contributed by atoms with Crippen LogP contribution in [0.1, 0.15) is 23.5 Å². The van der Waals surface area contributed by atoms with E-state index >= 15 is 0 Å². The van der Waals surface area contributed by atoms with Crippen LogP contribution in [0, 0.1) is 0 Å². The van der Waals surface area contributed by atoms with Crippen LogP contribution >= 0.6 is 11.8 Å². The van der Waals surface area contributed by atoms with Crippen molar-refractivity contribution in [2.75, 3.05) is 0 Å². The molecule has 1 aromatic rings. The van der Waals surface area contributed by atoms with Gasteiger partial charge in [0.05, 0.1) is 17.2 Å². The molecule has 0 radical (unpaired) electrons. The minimum atomic E-state index is -1.32. The second kappa shape index (κ2) is 5.35. The fraction of sp³-hybridized carbons (Fsp3) is 0.286. The van der Waals surface area contributed by atoms with E-state index in [0.29, 0.717) is 11.3 Å². The predicted molar refractivity (Wildman–Crippen MR) is 70.0 cm³/mol. The molecule has 1 atom stereocenters. The summed E-state index contributed by atoms with van der Waals surface area (Å²) in [5, 5.41) is 12.1. The van der Waals surface area contributed by atoms with Gasteiger partial charge in [0.15, 0.2) is 0 Å². The maximum absolute atomic E-state index is 12.0. The van der Waals surface area contributed by atoms with Gasteiger partial charge in [0.2, 0.25) is 0 Å². The number of hydrogen-bond acceptors (Lipinski definition) is 5. The minimum Gasteiger partial charge on any atom is -0.543 e. The molecule has 1 amide bonds. The number of carboxylic acid groups (broad SMARTS) is 1. The van der Waals surface area contributed by atoms with Crippen LogP contribution in [-0.2, 0) is 22.4 Å². The standard InChI is InChI=1S/C14H11NO4S.Na/c16-12-9(13-15(12)10(6-20-13)14(17)18)5-8-4-7-2-1-3-11(7)19-8;/h4-6,13H,1-3H2,(H,17,18);/q;+1/p-1/b9-5-;. The smallest absolute Gasteiger partial charge is 0.543 e. The number of carboxylic acids is 1. The molecule has 1 saturated heterocycles. The predicted octanol–water partition coefficient (Wildman–Crippen LogP) is -2.34. The maximum atomic E-state index is 12.0. The Balaban J connectivity index is 0.00000132. The molecule has 3 aliphatic rings. The van der Waals surface area contributed by atoms with Crippen LogP contribution in [0.2, 0.25) is 0 Å². The third-order valence-electron chi connectivity index (χ3n) is 3.81. The van der Waals surface area contributed by atoms with Gasteiger partial charge in [0.1, 0.15) is 16.9 Å². The molecule has 0 spiro atoms. The van der Waals surface area contributed by atoms with Crippen molar-refractivity contribution < 1.29 is 48.7 Å². The van der Waals surface area contributed by atoms with Crippen molar-refractivity contribution in [3.8, 4) is 0 Å². The second-order valence-electron chi connectivity index (χ2n) is 5.00. The zero-order chi connectivity index (χ0) is 13.9. The van der Waals surface area contributed by atoms with Gasteiger partial charge in [0.25, 0.3) is 5.91 Å². The van der Waals surface area contributed by atoms with Crippen molar-refractivity contribution in [2.24, 2.45) is 0 Å². The van der Waals surface area contributed by atoms with Crippen LogP contribution in [0.25, 0.3) is 6.08 Å². The van der Waals surface area contributed by atoms with Gasteiger partial charge in [-0.15, -0.1) is 11.8 Å². The Kier molecular flexibility index (Phi) is 3.81. The van der Waals surface area contributed by atoms with E-state index in [1.165, 1.54) is 27.6 Å². The molecule has 1 fully saturated rings. The Bertz CT molecular complexity index is 684. The molecule has 7 heteroatoms. The van der Waals surface area contributed by atoms with E-state index in [4.69, 9.17) is 4.42 Å². The number of furan rings is 1. The molecule has 21 heavy (non-hydrogen) atoms. The average Bonchev–Trinajstić information content (AvgIpc) is 3.07. The van der Waals surface area contributed by atoms with Gasteiger partial charge in [-0.05, 0) is 36.0 Å². The molecule has 1 aliphatic carbocycles. The summed E-state index contributed by atoms with van der Waals surface area (Å²) in [7, 11) is 0. The number of fused-ring (bicyclic) bond motifs is 2. The molecule has 102 valence electrons. The topological polar surface area (TPSA) is 73.6 Å². The summed E-state index contributed by atoms with van der Waals surface area (Å²) in [4.78, 5) is 24.1. The molecule has 0 bridgehead atoms. The molecule has 0 N–H and O–H groups in total. The Hall–Kier alpha value is -0.950. The molecule has 0 aromatic carbocycles. The van der Waals surface area contributed by atoms with E-state index in [-0.39, 0.29) is 46.5 Å². The van der Waals surface area contributed by atoms with Crippen LogP contribution in [0.15, 0.2) is 27.2 Å². The number of β-lactam (4-membered cyclic amide) rings is 1. The van der Waals surface area contributed by atoms with E-state index in [1.807, 2.05) is 6.07 Å². The first-order valence-corrected chi connectivity index (χ1v) is 7.33. The first kappa shape index (κ1) is 15.0. The van der Waals surface area contributed by atoms with Crippen molar-refractivity contribution in [3.63, 3.8) is 0 Å². The fourth-order valence-corrected chi connectivity index (χ4v) is 3.95. The van der Waals surface area contributed by atoms with Crippen molar-refractivity contribution in [2.45, 2.75) is 24.6 Å². The summed E-state index contributed by atoms with van der Waals surface area (Å²) in [5.74, 6) is 0.0877. The van der Waals surface area contributed by atoms with Gasteiger partial charge in [-0.1, -0.05) is 0 Å². The zero-order valence-electron chi connectivity index (χ0n) is 11.4. The summed E-state index contributed by atoms with van der Waals surface area (Å²) < 4.78 is 5.70. The number of hydrogen-bond donors (Lipinski definition) is 0. The van der Waals surface area contributed by atoms with E-state index in [0.717, 1.165) is 25.0 Å². The van der Waals surface area contributed by atoms with Crippen LogP contribution in [0.5, 0.6) is 0 Å². The van der Waals surface area contributed by atoms with Crippen molar-refractivity contribution >= 4 is 29.7 Å². The minimum absolute atomic E-state index is 0. The number of nitrogens with zero attached hydrogens (tertiary/aromatic N) is 1. The number of rotatable bonds is 2. The summed E-state index contributed by atoms with van der Waals surface area (Å²) in [6.45, 7) is 0. The Labute approximate surface area is 147 Å². The largest absolute Gasteiger partial charge is 1.00 e. The average molecular weight is 311 g/mol. The number of thioether (sulfide) groups is 1. The van der Waals surface area contributed by atoms with Crippen LogP contribution in [0.3, 0.4) is 0 Å². The normalized spacial score (nSPS) is 24.3. The Morgan fingerprint density at radius 3 is 3.00 bits per heavy atom. The molecular weight excluding hydrogens is 301 g/mol. The first-order chi connectivity index (χ1) is 9.65. The number of amides is 1. The SMILES string of the molecule is O=C([O-])C1=CSC2/C(=C\c3cc4c(o3)CCC4)C(=O)N12.[Na+]. The molecule has 2 aliphatic heterocycles. The molecule has 4 rings (SSSR count). The van der Waals surface area contributed by atoms with Gasteiger partial charge in [0, 0.05) is 6.42 Å². The molecule has 1 aromatic heterocycles. The van der Waals surface area contributed by atoms with Crippen LogP contribution in [0.4, 0.5) is 0 Å². The number of aryl methyl sites for hydroxylation is 2. The van der Waals surface area contributed by atoms with Crippen molar-refractivity contribution in [1.29, 1.82) is 0 Å². The van der Waals surface area contributed by atoms with E-state index < -0.39 is 5.97 Å². The number of aliphatic carboxylic acids is 1. The second-order valence-corrected chi connectivity index (χ2v) is 5.96. The van der Waals surface area contributed by atoms with E-state index in [1.54, 1.807) is 6.08 Å². The van der Waals surface area contributed by atoms with Crippen molar-refractivity contribution in [1.82, 2.24) is 4.90 Å². The fourth-order valence-electron chi connectivity index (χ4n) is 2.84. The van der Waals surface area contributed by atoms with Gasteiger partial charge >= 0.3 is 29.6 Å². The summed E-state index contributed by atoms with van der Waals surface area (Å²) in [6.07, 6.45) is 4.82. The Morgan fingerprint density at radius 2 is 2.29 bits per heavy atom. The zero-order valence-corrected chi connectivity index (χ0v) is 14.2. The number of carbonyl (C=O) groups is 2.